The maximum Gasteiger partial charge on any atom is 0.387 e. The fraction of sp³-hybridized carbons (Fsp3) is 0.200. The molecule has 0 unspecified atom stereocenters. The molecule has 0 atom stereocenters. The van der Waals surface area contributed by atoms with E-state index in [0.29, 0.717) is 10.3 Å². The van der Waals surface area contributed by atoms with Crippen molar-refractivity contribution in [1.29, 1.82) is 0 Å². The van der Waals surface area contributed by atoms with Gasteiger partial charge in [0, 0.05) is 12.6 Å². The molecule has 0 fully saturated rings. The molecular formula is C15H11BrF2N4O3. The summed E-state index contributed by atoms with van der Waals surface area (Å²) in [5, 5.41) is 4.34. The lowest BCUT2D eigenvalue weighted by atomic mass is 10.1. The van der Waals surface area contributed by atoms with Crippen LogP contribution in [0.1, 0.15) is 10.4 Å². The van der Waals surface area contributed by atoms with Gasteiger partial charge in [-0.05, 0) is 40.2 Å². The molecule has 0 aliphatic carbocycles. The van der Waals surface area contributed by atoms with E-state index in [1.165, 1.54) is 39.8 Å². The Morgan fingerprint density at radius 2 is 2.00 bits per heavy atom. The number of rotatable bonds is 5. The third kappa shape index (κ3) is 3.43. The normalized spacial score (nSPS) is 11.2. The zero-order valence-corrected chi connectivity index (χ0v) is 14.4. The summed E-state index contributed by atoms with van der Waals surface area (Å²) >= 11 is 3.20. The third-order valence-corrected chi connectivity index (χ3v) is 4.04. The molecule has 130 valence electrons. The molecule has 10 heteroatoms. The smallest absolute Gasteiger partial charge is 0.387 e. The van der Waals surface area contributed by atoms with Gasteiger partial charge in [0.2, 0.25) is 0 Å². The van der Waals surface area contributed by atoms with Gasteiger partial charge in [0.15, 0.2) is 11.4 Å². The van der Waals surface area contributed by atoms with E-state index in [0.717, 1.165) is 0 Å². The molecule has 0 amide bonds. The van der Waals surface area contributed by atoms with E-state index in [4.69, 9.17) is 0 Å². The minimum atomic E-state index is -2.93. The first-order chi connectivity index (χ1) is 11.9. The first-order valence-electron chi connectivity index (χ1n) is 7.02. The second kappa shape index (κ2) is 6.71. The van der Waals surface area contributed by atoms with E-state index in [9.17, 15) is 18.4 Å². The Morgan fingerprint density at radius 1 is 1.32 bits per heavy atom. The second-order valence-electron chi connectivity index (χ2n) is 5.12. The Balaban J connectivity index is 1.86. The van der Waals surface area contributed by atoms with E-state index < -0.39 is 12.2 Å². The Labute approximate surface area is 148 Å². The van der Waals surface area contributed by atoms with E-state index in [1.54, 1.807) is 7.05 Å². The fourth-order valence-corrected chi connectivity index (χ4v) is 2.90. The summed E-state index contributed by atoms with van der Waals surface area (Å²) < 4.78 is 31.4. The van der Waals surface area contributed by atoms with Crippen LogP contribution in [0.5, 0.6) is 5.75 Å². The van der Waals surface area contributed by atoms with Gasteiger partial charge >= 0.3 is 6.61 Å². The van der Waals surface area contributed by atoms with E-state index in [2.05, 4.69) is 30.7 Å². The van der Waals surface area contributed by atoms with Gasteiger partial charge in [-0.15, -0.1) is 0 Å². The number of benzene rings is 1. The molecule has 0 aliphatic heterocycles. The number of fused-ring (bicyclic) bond motifs is 1. The predicted octanol–water partition coefficient (Wildman–Crippen LogP) is 2.38. The summed E-state index contributed by atoms with van der Waals surface area (Å²) in [4.78, 5) is 28.9. The Morgan fingerprint density at radius 3 is 2.64 bits per heavy atom. The highest BCUT2D eigenvalue weighted by Gasteiger charge is 2.16. The molecule has 3 aromatic rings. The minimum absolute atomic E-state index is 0.0499. The van der Waals surface area contributed by atoms with Gasteiger partial charge in [-0.25, -0.2) is 9.67 Å². The predicted molar refractivity (Wildman–Crippen MR) is 87.9 cm³/mol. The number of aryl methyl sites for hydroxylation is 1. The number of ketones is 1. The molecule has 1 aromatic carbocycles. The van der Waals surface area contributed by atoms with Gasteiger partial charge in [-0.2, -0.15) is 13.9 Å². The largest absolute Gasteiger partial charge is 0.435 e. The SMILES string of the molecule is Cn1nc(Br)c2c(=O)n(CC(=O)c3ccc(OC(F)F)cc3)cnc21. The molecule has 0 spiro atoms. The van der Waals surface area contributed by atoms with E-state index in [-0.39, 0.29) is 29.0 Å². The van der Waals surface area contributed by atoms with Crippen LogP contribution < -0.4 is 10.3 Å². The van der Waals surface area contributed by atoms with Crippen molar-refractivity contribution in [3.05, 3.63) is 51.1 Å². The molecular weight excluding hydrogens is 402 g/mol. The van der Waals surface area contributed by atoms with Crippen LogP contribution in [0.4, 0.5) is 8.78 Å². The lowest BCUT2D eigenvalue weighted by Gasteiger charge is -2.07. The number of carbonyl (C=O) groups excluding carboxylic acids is 1. The summed E-state index contributed by atoms with van der Waals surface area (Å²) in [5.74, 6) is -0.419. The van der Waals surface area contributed by atoms with Crippen LogP contribution in [-0.4, -0.2) is 31.7 Å². The zero-order valence-electron chi connectivity index (χ0n) is 12.8. The van der Waals surface area contributed by atoms with Gasteiger partial charge in [0.1, 0.15) is 22.1 Å². The van der Waals surface area contributed by atoms with Crippen molar-refractivity contribution in [2.45, 2.75) is 13.2 Å². The maximum atomic E-state index is 12.5. The number of hydrogen-bond donors (Lipinski definition) is 0. The zero-order chi connectivity index (χ0) is 18.1. The molecule has 0 radical (unpaired) electrons. The number of carbonyl (C=O) groups is 1. The molecule has 7 nitrogen and oxygen atoms in total. The number of Topliss-reactive ketones (excluding diaryl/α,β-unsaturated/α-hetero) is 1. The Bertz CT molecular complexity index is 998. The van der Waals surface area contributed by atoms with Crippen LogP contribution in [-0.2, 0) is 13.6 Å². The second-order valence-corrected chi connectivity index (χ2v) is 5.87. The monoisotopic (exact) mass is 412 g/mol. The van der Waals surface area contributed by atoms with E-state index in [1.807, 2.05) is 0 Å². The van der Waals surface area contributed by atoms with Gasteiger partial charge in [-0.3, -0.25) is 14.2 Å². The molecule has 0 saturated heterocycles. The van der Waals surface area contributed by atoms with Crippen LogP contribution in [0, 0.1) is 0 Å². The minimum Gasteiger partial charge on any atom is -0.435 e. The van der Waals surface area contributed by atoms with Crippen molar-refractivity contribution in [2.75, 3.05) is 0 Å². The standard InChI is InChI=1S/C15H11BrF2N4O3/c1-21-13-11(12(16)20-21)14(24)22(7-19-13)6-10(23)8-2-4-9(5-3-8)25-15(17)18/h2-5,7,15H,6H2,1H3. The quantitative estimate of drug-likeness (QED) is 0.601. The van der Waals surface area contributed by atoms with Crippen molar-refractivity contribution >= 4 is 32.7 Å². The van der Waals surface area contributed by atoms with Crippen molar-refractivity contribution in [1.82, 2.24) is 19.3 Å². The molecule has 3 rings (SSSR count). The van der Waals surface area contributed by atoms with Crippen molar-refractivity contribution in [3.63, 3.8) is 0 Å². The van der Waals surface area contributed by atoms with Crippen molar-refractivity contribution in [3.8, 4) is 5.75 Å². The summed E-state index contributed by atoms with van der Waals surface area (Å²) in [7, 11) is 1.65. The van der Waals surface area contributed by atoms with Gasteiger partial charge < -0.3 is 4.74 Å². The van der Waals surface area contributed by atoms with Crippen LogP contribution in [0.25, 0.3) is 11.0 Å². The highest BCUT2D eigenvalue weighted by atomic mass is 79.9. The average molecular weight is 413 g/mol. The molecule has 0 saturated carbocycles. The van der Waals surface area contributed by atoms with Gasteiger partial charge in [-0.1, -0.05) is 0 Å². The first-order valence-corrected chi connectivity index (χ1v) is 7.82. The molecule has 2 heterocycles. The number of hydrogen-bond acceptors (Lipinski definition) is 5. The Kier molecular flexibility index (Phi) is 4.62. The topological polar surface area (TPSA) is 79.0 Å². The summed E-state index contributed by atoms with van der Waals surface area (Å²) in [5.41, 5.74) is 0.254. The summed E-state index contributed by atoms with van der Waals surface area (Å²) in [6, 6.07) is 5.25. The number of ether oxygens (including phenoxy) is 1. The maximum absolute atomic E-state index is 12.5. The van der Waals surface area contributed by atoms with Crippen LogP contribution in [0.15, 0.2) is 40.0 Å². The average Bonchev–Trinajstić information content (AvgIpc) is 2.85. The van der Waals surface area contributed by atoms with Crippen molar-refractivity contribution < 1.29 is 18.3 Å². The number of aromatic nitrogens is 4. The van der Waals surface area contributed by atoms with Crippen molar-refractivity contribution in [2.24, 2.45) is 7.05 Å². The fourth-order valence-electron chi connectivity index (χ4n) is 2.32. The summed E-state index contributed by atoms with van der Waals surface area (Å²) in [6.45, 7) is -3.17. The van der Waals surface area contributed by atoms with Crippen LogP contribution in [0.2, 0.25) is 0 Å². The van der Waals surface area contributed by atoms with Gasteiger partial charge in [0.25, 0.3) is 5.56 Å². The molecule has 25 heavy (non-hydrogen) atoms. The van der Waals surface area contributed by atoms with Crippen LogP contribution in [0.3, 0.4) is 0 Å². The molecule has 0 N–H and O–H groups in total. The van der Waals surface area contributed by atoms with Crippen LogP contribution >= 0.6 is 15.9 Å². The number of halogens is 3. The number of alkyl halides is 2. The third-order valence-electron chi connectivity index (χ3n) is 3.48. The van der Waals surface area contributed by atoms with Gasteiger partial charge in [0.05, 0.1) is 6.54 Å². The highest BCUT2D eigenvalue weighted by Crippen LogP contribution is 2.18. The molecule has 0 aliphatic rings. The molecule has 2 aromatic heterocycles. The number of nitrogens with zero attached hydrogens (tertiary/aromatic N) is 4. The first kappa shape index (κ1) is 17.2. The lowest BCUT2D eigenvalue weighted by molar-refractivity contribution is -0.0498. The molecule has 0 bridgehead atoms. The van der Waals surface area contributed by atoms with E-state index >= 15 is 0 Å². The highest BCUT2D eigenvalue weighted by molar-refractivity contribution is 9.10. The summed E-state index contributed by atoms with van der Waals surface area (Å²) in [6.07, 6.45) is 1.27. The Hall–Kier alpha value is -2.62. The lowest BCUT2D eigenvalue weighted by Crippen LogP contribution is -2.24.